The molecule has 6 nitrogen and oxygen atoms in total. The summed E-state index contributed by atoms with van der Waals surface area (Å²) in [6.07, 6.45) is 4.27. The maximum absolute atomic E-state index is 6.01. The third-order valence-electron chi connectivity index (χ3n) is 7.08. The van der Waals surface area contributed by atoms with Crippen LogP contribution in [0.3, 0.4) is 0 Å². The molecule has 2 heterocycles. The van der Waals surface area contributed by atoms with Gasteiger partial charge in [-0.25, -0.2) is 4.57 Å². The molecule has 0 saturated heterocycles. The molecule has 0 amide bonds. The van der Waals surface area contributed by atoms with E-state index in [4.69, 9.17) is 19.9 Å². The Morgan fingerprint density at radius 2 is 1.54 bits per heavy atom. The van der Waals surface area contributed by atoms with Crippen molar-refractivity contribution >= 4 is 45.4 Å². The largest absolute Gasteiger partial charge is 0.493 e. The molecule has 0 aliphatic rings. The SMILES string of the molecule is COc1cc(C[n+]2c3ccccc3n3c4c(C=Cc5cccc(N)c5)cccc4ccc32)cc(OC)c1OC. The van der Waals surface area contributed by atoms with Gasteiger partial charge >= 0.3 is 0 Å². The van der Waals surface area contributed by atoms with Gasteiger partial charge in [0, 0.05) is 28.3 Å². The van der Waals surface area contributed by atoms with Crippen molar-refractivity contribution in [3.63, 3.8) is 0 Å². The Morgan fingerprint density at radius 1 is 0.769 bits per heavy atom. The van der Waals surface area contributed by atoms with Crippen LogP contribution < -0.4 is 24.5 Å². The second-order valence-corrected chi connectivity index (χ2v) is 9.42. The molecule has 6 aromatic rings. The Kier molecular flexibility index (Phi) is 6.29. The van der Waals surface area contributed by atoms with Crippen molar-refractivity contribution in [1.82, 2.24) is 4.40 Å². The van der Waals surface area contributed by atoms with Gasteiger partial charge in [0.05, 0.1) is 21.3 Å². The van der Waals surface area contributed by atoms with Crippen LogP contribution in [-0.2, 0) is 6.54 Å². The fourth-order valence-corrected chi connectivity index (χ4v) is 5.34. The van der Waals surface area contributed by atoms with Gasteiger partial charge in [0.2, 0.25) is 5.75 Å². The minimum absolute atomic E-state index is 0.586. The van der Waals surface area contributed by atoms with E-state index in [1.54, 1.807) is 21.3 Å². The zero-order valence-corrected chi connectivity index (χ0v) is 22.2. The van der Waals surface area contributed by atoms with Crippen LogP contribution in [0, 0.1) is 0 Å². The molecule has 0 bridgehead atoms. The Labute approximate surface area is 227 Å². The Bertz CT molecular complexity index is 1850. The molecule has 6 rings (SSSR count). The number of nitrogens with two attached hydrogens (primary N) is 1. The number of pyridine rings is 1. The second kappa shape index (κ2) is 10.1. The number of imidazole rings is 1. The molecule has 0 saturated carbocycles. The van der Waals surface area contributed by atoms with Gasteiger partial charge in [0.1, 0.15) is 12.1 Å². The molecule has 0 atom stereocenters. The summed E-state index contributed by atoms with van der Waals surface area (Å²) in [6.45, 7) is 0.626. The number of hydrogen-bond acceptors (Lipinski definition) is 4. The maximum atomic E-state index is 6.01. The van der Waals surface area contributed by atoms with E-state index in [-0.39, 0.29) is 0 Å². The first-order valence-electron chi connectivity index (χ1n) is 12.8. The molecule has 0 aliphatic carbocycles. The van der Waals surface area contributed by atoms with Crippen LogP contribution in [0.15, 0.2) is 91.0 Å². The summed E-state index contributed by atoms with van der Waals surface area (Å²) >= 11 is 0. The number of nitrogens with zero attached hydrogens (tertiary/aromatic N) is 2. The van der Waals surface area contributed by atoms with Crippen LogP contribution in [0.1, 0.15) is 16.7 Å². The van der Waals surface area contributed by atoms with Crippen molar-refractivity contribution in [1.29, 1.82) is 0 Å². The van der Waals surface area contributed by atoms with Crippen molar-refractivity contribution in [3.05, 3.63) is 108 Å². The molecule has 194 valence electrons. The molecule has 2 N–H and O–H groups in total. The van der Waals surface area contributed by atoms with Crippen LogP contribution in [-0.4, -0.2) is 25.7 Å². The number of methoxy groups -OCH3 is 3. The molecule has 4 aromatic carbocycles. The van der Waals surface area contributed by atoms with E-state index in [1.165, 1.54) is 0 Å². The van der Waals surface area contributed by atoms with Crippen molar-refractivity contribution in [2.24, 2.45) is 0 Å². The van der Waals surface area contributed by atoms with Gasteiger partial charge in [-0.1, -0.05) is 54.6 Å². The predicted octanol–water partition coefficient (Wildman–Crippen LogP) is 6.36. The zero-order chi connectivity index (χ0) is 26.9. The Balaban J connectivity index is 1.57. The summed E-state index contributed by atoms with van der Waals surface area (Å²) in [5, 5.41) is 1.16. The van der Waals surface area contributed by atoms with Crippen LogP contribution in [0.4, 0.5) is 5.69 Å². The van der Waals surface area contributed by atoms with Gasteiger partial charge in [0.15, 0.2) is 22.5 Å². The lowest BCUT2D eigenvalue weighted by molar-refractivity contribution is -0.636. The molecular formula is C33H30N3O3+. The number of aromatic nitrogens is 2. The van der Waals surface area contributed by atoms with Crippen LogP contribution in [0.5, 0.6) is 17.2 Å². The van der Waals surface area contributed by atoms with E-state index in [1.807, 2.05) is 30.3 Å². The molecule has 2 aromatic heterocycles. The first-order valence-corrected chi connectivity index (χ1v) is 12.8. The number of nitrogen functional groups attached to an aromatic ring is 1. The van der Waals surface area contributed by atoms with Gasteiger partial charge in [-0.3, -0.25) is 0 Å². The monoisotopic (exact) mass is 516 g/mol. The van der Waals surface area contributed by atoms with Crippen LogP contribution in [0.25, 0.3) is 39.7 Å². The van der Waals surface area contributed by atoms with Gasteiger partial charge in [-0.2, -0.15) is 4.40 Å². The number of hydrogen-bond donors (Lipinski definition) is 1. The highest BCUT2D eigenvalue weighted by Gasteiger charge is 2.23. The minimum atomic E-state index is 0.586. The maximum Gasteiger partial charge on any atom is 0.287 e. The van der Waals surface area contributed by atoms with Crippen molar-refractivity contribution in [2.75, 3.05) is 27.1 Å². The average Bonchev–Trinajstić information content (AvgIpc) is 3.28. The second-order valence-electron chi connectivity index (χ2n) is 9.42. The van der Waals surface area contributed by atoms with Gasteiger partial charge in [-0.05, 0) is 48.0 Å². The number of fused-ring (bicyclic) bond motifs is 5. The summed E-state index contributed by atoms with van der Waals surface area (Å²) in [4.78, 5) is 0. The van der Waals surface area contributed by atoms with E-state index in [0.717, 1.165) is 50.0 Å². The minimum Gasteiger partial charge on any atom is -0.493 e. The smallest absolute Gasteiger partial charge is 0.287 e. The van der Waals surface area contributed by atoms with Gasteiger partial charge in [0.25, 0.3) is 5.65 Å². The lowest BCUT2D eigenvalue weighted by Crippen LogP contribution is -2.34. The quantitative estimate of drug-likeness (QED) is 0.152. The molecular weight excluding hydrogens is 486 g/mol. The highest BCUT2D eigenvalue weighted by Crippen LogP contribution is 2.38. The number of rotatable bonds is 7. The Morgan fingerprint density at radius 3 is 2.28 bits per heavy atom. The van der Waals surface area contributed by atoms with Crippen LogP contribution in [0.2, 0.25) is 0 Å². The highest BCUT2D eigenvalue weighted by atomic mass is 16.5. The number of para-hydroxylation sites is 3. The molecule has 0 radical (unpaired) electrons. The molecule has 0 fully saturated rings. The number of ether oxygens (including phenoxy) is 3. The summed E-state index contributed by atoms with van der Waals surface area (Å²) in [6, 6.07) is 31.2. The van der Waals surface area contributed by atoms with E-state index < -0.39 is 0 Å². The van der Waals surface area contributed by atoms with Crippen LogP contribution >= 0.6 is 0 Å². The van der Waals surface area contributed by atoms with E-state index >= 15 is 0 Å². The first kappa shape index (κ1) is 24.4. The van der Waals surface area contributed by atoms with E-state index in [9.17, 15) is 0 Å². The molecule has 39 heavy (non-hydrogen) atoms. The van der Waals surface area contributed by atoms with Gasteiger partial charge < -0.3 is 19.9 Å². The topological polar surface area (TPSA) is 62.0 Å². The Hall–Kier alpha value is -4.97. The molecule has 0 aliphatic heterocycles. The van der Waals surface area contributed by atoms with E-state index in [2.05, 4.69) is 81.8 Å². The molecule has 0 unspecified atom stereocenters. The van der Waals surface area contributed by atoms with Gasteiger partial charge in [-0.15, -0.1) is 0 Å². The van der Waals surface area contributed by atoms with Crippen molar-refractivity contribution < 1.29 is 18.8 Å². The summed E-state index contributed by atoms with van der Waals surface area (Å²) in [5.74, 6) is 1.86. The van der Waals surface area contributed by atoms with E-state index in [0.29, 0.717) is 23.8 Å². The number of benzene rings is 4. The fourth-order valence-electron chi connectivity index (χ4n) is 5.34. The standard InChI is InChI=1S/C33H30N3O3/c1-37-29-19-23(20-30(38-2)33(29)39-3)21-35-27-12-4-5-13-28(27)36-31(35)17-16-25-10-7-9-24(32(25)36)15-14-22-8-6-11-26(34)18-22/h4-20H,21,34H2,1-3H3/q+1. The molecule has 0 spiro atoms. The average molecular weight is 517 g/mol. The molecule has 6 heteroatoms. The highest BCUT2D eigenvalue weighted by molar-refractivity contribution is 5.95. The van der Waals surface area contributed by atoms with Crippen molar-refractivity contribution in [3.8, 4) is 17.2 Å². The summed E-state index contributed by atoms with van der Waals surface area (Å²) in [7, 11) is 4.90. The first-order chi connectivity index (χ1) is 19.1. The predicted molar refractivity (Wildman–Crippen MR) is 158 cm³/mol. The fraction of sp³-hybridized carbons (Fsp3) is 0.121. The lowest BCUT2D eigenvalue weighted by atomic mass is 10.1. The normalized spacial score (nSPS) is 11.6. The summed E-state index contributed by atoms with van der Waals surface area (Å²) in [5.41, 5.74) is 14.5. The number of anilines is 1. The third kappa shape index (κ3) is 4.30. The third-order valence-corrected chi connectivity index (χ3v) is 7.08. The van der Waals surface area contributed by atoms with Crippen molar-refractivity contribution in [2.45, 2.75) is 6.54 Å². The summed E-state index contributed by atoms with van der Waals surface area (Å²) < 4.78 is 21.5. The lowest BCUT2D eigenvalue weighted by Gasteiger charge is -2.13. The zero-order valence-electron chi connectivity index (χ0n) is 22.2.